The summed E-state index contributed by atoms with van der Waals surface area (Å²) >= 11 is 1.64. The molecule has 6 heteroatoms. The van der Waals surface area contributed by atoms with E-state index in [4.69, 9.17) is 4.98 Å². The topological polar surface area (TPSA) is 59.8 Å². The number of nitrogens with zero attached hydrogens (tertiary/aromatic N) is 3. The number of unbranched alkanes of at least 4 members (excludes halogenated alkanes) is 2. The Morgan fingerprint density at radius 2 is 1.97 bits per heavy atom. The lowest BCUT2D eigenvalue weighted by atomic mass is 10.2. The van der Waals surface area contributed by atoms with Crippen molar-refractivity contribution in [3.8, 4) is 22.0 Å². The summed E-state index contributed by atoms with van der Waals surface area (Å²) in [5.41, 5.74) is 5.88. The molecule has 30 heavy (non-hydrogen) atoms. The van der Waals surface area contributed by atoms with Gasteiger partial charge in [-0.05, 0) is 44.4 Å². The predicted molar refractivity (Wildman–Crippen MR) is 125 cm³/mol. The Morgan fingerprint density at radius 3 is 2.70 bits per heavy atom. The molecule has 0 saturated carbocycles. The van der Waals surface area contributed by atoms with E-state index >= 15 is 0 Å². The fourth-order valence-electron chi connectivity index (χ4n) is 3.49. The number of pyridine rings is 1. The molecule has 0 unspecified atom stereocenters. The van der Waals surface area contributed by atoms with E-state index in [1.54, 1.807) is 11.3 Å². The average molecular weight is 425 g/mol. The molecule has 0 bridgehead atoms. The van der Waals surface area contributed by atoms with Crippen LogP contribution in [0.3, 0.4) is 0 Å². The summed E-state index contributed by atoms with van der Waals surface area (Å²) in [6, 6.07) is 6.13. The molecule has 0 spiro atoms. The predicted octanol–water partition coefficient (Wildman–Crippen LogP) is 5.87. The van der Waals surface area contributed by atoms with Gasteiger partial charge >= 0.3 is 0 Å². The van der Waals surface area contributed by atoms with Crippen molar-refractivity contribution in [3.63, 3.8) is 0 Å². The van der Waals surface area contributed by atoms with E-state index in [0.717, 1.165) is 77.6 Å². The van der Waals surface area contributed by atoms with Crippen LogP contribution in [0.5, 0.6) is 0 Å². The monoisotopic (exact) mass is 424 g/mol. The van der Waals surface area contributed by atoms with Crippen LogP contribution in [0.2, 0.25) is 0 Å². The third kappa shape index (κ3) is 4.98. The maximum absolute atomic E-state index is 12.8. The fourth-order valence-corrected chi connectivity index (χ4v) is 4.30. The highest BCUT2D eigenvalue weighted by Gasteiger charge is 2.20. The van der Waals surface area contributed by atoms with Crippen LogP contribution in [0.15, 0.2) is 29.8 Å². The third-order valence-electron chi connectivity index (χ3n) is 5.35. The number of nitrogens with one attached hydrogen (secondary N) is 1. The van der Waals surface area contributed by atoms with E-state index in [1.165, 1.54) is 0 Å². The van der Waals surface area contributed by atoms with Gasteiger partial charge in [0.2, 0.25) is 0 Å². The number of hydrogen-bond acceptors (Lipinski definition) is 4. The molecule has 3 aromatic rings. The molecule has 0 aliphatic rings. The van der Waals surface area contributed by atoms with E-state index in [0.29, 0.717) is 6.54 Å². The summed E-state index contributed by atoms with van der Waals surface area (Å²) in [6.45, 7) is 10.1. The molecule has 160 valence electrons. The molecule has 0 aliphatic carbocycles. The van der Waals surface area contributed by atoms with Crippen LogP contribution < -0.4 is 5.32 Å². The van der Waals surface area contributed by atoms with Gasteiger partial charge in [-0.3, -0.25) is 9.78 Å². The van der Waals surface area contributed by atoms with Crippen LogP contribution in [0.25, 0.3) is 22.0 Å². The normalized spacial score (nSPS) is 11.1. The van der Waals surface area contributed by atoms with Crippen LogP contribution in [0.1, 0.15) is 68.2 Å². The van der Waals surface area contributed by atoms with E-state index in [-0.39, 0.29) is 5.91 Å². The summed E-state index contributed by atoms with van der Waals surface area (Å²) in [5, 5.41) is 6.13. The molecule has 3 rings (SSSR count). The Hall–Kier alpha value is -2.47. The lowest BCUT2D eigenvalue weighted by Gasteiger charge is -2.10. The second-order valence-electron chi connectivity index (χ2n) is 7.57. The minimum atomic E-state index is 0.00891. The number of hydrogen-bond donors (Lipinski definition) is 1. The van der Waals surface area contributed by atoms with Crippen molar-refractivity contribution in [1.29, 1.82) is 0 Å². The number of aryl methyl sites for hydroxylation is 1. The van der Waals surface area contributed by atoms with E-state index in [1.807, 2.05) is 25.3 Å². The molecular formula is C24H32N4OS. The van der Waals surface area contributed by atoms with Gasteiger partial charge in [-0.2, -0.15) is 0 Å². The van der Waals surface area contributed by atoms with Crippen LogP contribution >= 0.6 is 11.3 Å². The molecule has 0 aromatic carbocycles. The number of rotatable bonds is 10. The van der Waals surface area contributed by atoms with Gasteiger partial charge in [0.1, 0.15) is 5.01 Å². The van der Waals surface area contributed by atoms with Gasteiger partial charge < -0.3 is 9.88 Å². The molecule has 3 aromatic heterocycles. The van der Waals surface area contributed by atoms with Crippen molar-refractivity contribution in [2.45, 2.75) is 66.3 Å². The maximum Gasteiger partial charge on any atom is 0.253 e. The number of carbonyl (C=O) groups is 1. The Labute approximate surface area is 183 Å². The lowest BCUT2D eigenvalue weighted by molar-refractivity contribution is 0.0952. The van der Waals surface area contributed by atoms with Crippen molar-refractivity contribution in [1.82, 2.24) is 19.9 Å². The van der Waals surface area contributed by atoms with Crippen molar-refractivity contribution in [3.05, 3.63) is 46.7 Å². The number of carbonyl (C=O) groups excluding carboxylic acids is 1. The summed E-state index contributed by atoms with van der Waals surface area (Å²) < 4.78 is 2.25. The first-order chi connectivity index (χ1) is 14.6. The second kappa shape index (κ2) is 10.5. The number of amides is 1. The summed E-state index contributed by atoms with van der Waals surface area (Å²) in [5.74, 6) is 0.00891. The minimum absolute atomic E-state index is 0.00891. The SMILES string of the molecule is CCCCNC(=O)c1cc(-c2csc(-c3ccnc(CC)c3)n2)n(CCCC)c1C. The zero-order chi connectivity index (χ0) is 21.5. The summed E-state index contributed by atoms with van der Waals surface area (Å²) in [7, 11) is 0. The molecule has 0 fully saturated rings. The Kier molecular flexibility index (Phi) is 7.80. The highest BCUT2D eigenvalue weighted by atomic mass is 32.1. The van der Waals surface area contributed by atoms with E-state index < -0.39 is 0 Å². The molecule has 5 nitrogen and oxygen atoms in total. The average Bonchev–Trinajstić information content (AvgIpc) is 3.37. The maximum atomic E-state index is 12.8. The molecule has 0 saturated heterocycles. The third-order valence-corrected chi connectivity index (χ3v) is 6.25. The van der Waals surface area contributed by atoms with Crippen LogP contribution in [0, 0.1) is 6.92 Å². The first-order valence-corrected chi connectivity index (χ1v) is 11.9. The lowest BCUT2D eigenvalue weighted by Crippen LogP contribution is -2.24. The van der Waals surface area contributed by atoms with Crippen LogP contribution in [0.4, 0.5) is 0 Å². The molecule has 0 aliphatic heterocycles. The Balaban J connectivity index is 1.95. The van der Waals surface area contributed by atoms with Crippen LogP contribution in [-0.2, 0) is 13.0 Å². The fraction of sp³-hybridized carbons (Fsp3) is 0.458. The standard InChI is InChI=1S/C24H32N4OS/c1-5-8-11-26-23(29)20-15-22(28(17(20)4)13-9-6-2)21-16-30-24(27-21)18-10-12-25-19(7-3)14-18/h10,12,14-16H,5-9,11,13H2,1-4H3,(H,26,29). The zero-order valence-electron chi connectivity index (χ0n) is 18.5. The quantitative estimate of drug-likeness (QED) is 0.414. The summed E-state index contributed by atoms with van der Waals surface area (Å²) in [6.07, 6.45) is 6.99. The van der Waals surface area contributed by atoms with Gasteiger partial charge in [-0.25, -0.2) is 4.98 Å². The van der Waals surface area contributed by atoms with E-state index in [2.05, 4.69) is 47.1 Å². The van der Waals surface area contributed by atoms with Gasteiger partial charge in [0.25, 0.3) is 5.91 Å². The molecule has 1 amide bonds. The Morgan fingerprint density at radius 1 is 1.17 bits per heavy atom. The second-order valence-corrected chi connectivity index (χ2v) is 8.43. The molecule has 0 radical (unpaired) electrons. The molecule has 3 heterocycles. The first-order valence-electron chi connectivity index (χ1n) is 11.0. The van der Waals surface area contributed by atoms with E-state index in [9.17, 15) is 4.79 Å². The summed E-state index contributed by atoms with van der Waals surface area (Å²) in [4.78, 5) is 22.1. The first kappa shape index (κ1) is 22.2. The van der Waals surface area contributed by atoms with Gasteiger partial charge in [0, 0.05) is 41.6 Å². The van der Waals surface area contributed by atoms with Crippen molar-refractivity contribution in [2.75, 3.05) is 6.54 Å². The van der Waals surface area contributed by atoms with Gasteiger partial charge in [0.15, 0.2) is 0 Å². The largest absolute Gasteiger partial charge is 0.352 e. The van der Waals surface area contributed by atoms with Crippen molar-refractivity contribution >= 4 is 17.2 Å². The number of aromatic nitrogens is 3. The van der Waals surface area contributed by atoms with Gasteiger partial charge in [-0.15, -0.1) is 11.3 Å². The minimum Gasteiger partial charge on any atom is -0.352 e. The van der Waals surface area contributed by atoms with Gasteiger partial charge in [0.05, 0.1) is 17.0 Å². The molecule has 0 atom stereocenters. The van der Waals surface area contributed by atoms with Crippen molar-refractivity contribution in [2.24, 2.45) is 0 Å². The molecule has 1 N–H and O–H groups in total. The smallest absolute Gasteiger partial charge is 0.253 e. The molecular weight excluding hydrogens is 392 g/mol. The highest BCUT2D eigenvalue weighted by molar-refractivity contribution is 7.13. The Bertz CT molecular complexity index is 989. The zero-order valence-corrected chi connectivity index (χ0v) is 19.3. The van der Waals surface area contributed by atoms with Crippen LogP contribution in [-0.4, -0.2) is 27.0 Å². The highest BCUT2D eigenvalue weighted by Crippen LogP contribution is 2.32. The number of thiazole rings is 1. The van der Waals surface area contributed by atoms with Crippen molar-refractivity contribution < 1.29 is 4.79 Å². The van der Waals surface area contributed by atoms with Gasteiger partial charge in [-0.1, -0.05) is 33.6 Å².